The summed E-state index contributed by atoms with van der Waals surface area (Å²) in [5, 5.41) is 29.9. The number of hydrogen-bond acceptors (Lipinski definition) is 4. The lowest BCUT2D eigenvalue weighted by Crippen LogP contribution is -2.54. The summed E-state index contributed by atoms with van der Waals surface area (Å²) >= 11 is 0. The Balaban J connectivity index is 1.90. The molecule has 1 unspecified atom stereocenters. The van der Waals surface area contributed by atoms with Gasteiger partial charge in [0.15, 0.2) is 11.4 Å². The van der Waals surface area contributed by atoms with Crippen LogP contribution in [0.15, 0.2) is 12.2 Å². The van der Waals surface area contributed by atoms with Crippen LogP contribution in [0.2, 0.25) is 0 Å². The molecule has 0 spiro atoms. The van der Waals surface area contributed by atoms with Gasteiger partial charge in [-0.1, -0.05) is 96.8 Å². The van der Waals surface area contributed by atoms with Gasteiger partial charge < -0.3 is 15.3 Å². The van der Waals surface area contributed by atoms with Crippen molar-refractivity contribution in [1.82, 2.24) is 0 Å². The minimum absolute atomic E-state index is 0.346. The third-order valence-corrected chi connectivity index (χ3v) is 5.61. The lowest BCUT2D eigenvalue weighted by Gasteiger charge is -2.30. The van der Waals surface area contributed by atoms with Crippen molar-refractivity contribution in [3.8, 4) is 0 Å². The first-order valence-electron chi connectivity index (χ1n) is 10.8. The van der Waals surface area contributed by atoms with E-state index in [9.17, 15) is 20.1 Å². The zero-order chi connectivity index (χ0) is 19.3. The molecule has 0 saturated carbocycles. The Morgan fingerprint density at radius 2 is 1.31 bits per heavy atom. The van der Waals surface area contributed by atoms with Crippen LogP contribution in [-0.2, 0) is 4.79 Å². The number of unbranched alkanes of at least 4 members (excludes halogenated alkanes) is 13. The van der Waals surface area contributed by atoms with Gasteiger partial charge in [-0.3, -0.25) is 4.79 Å². The minimum atomic E-state index is -2.03. The van der Waals surface area contributed by atoms with Crippen LogP contribution in [0.5, 0.6) is 0 Å². The number of rotatable bonds is 16. The third-order valence-electron chi connectivity index (χ3n) is 5.61. The molecule has 1 rings (SSSR count). The highest BCUT2D eigenvalue weighted by Gasteiger charge is 2.50. The predicted molar refractivity (Wildman–Crippen MR) is 106 cm³/mol. The molecule has 1 aliphatic carbocycles. The molecule has 0 bridgehead atoms. The average Bonchev–Trinajstić information content (AvgIpc) is 2.90. The molecule has 0 aromatic carbocycles. The zero-order valence-corrected chi connectivity index (χ0v) is 16.7. The average molecular weight is 369 g/mol. The molecule has 0 fully saturated rings. The first-order valence-corrected chi connectivity index (χ1v) is 10.8. The van der Waals surface area contributed by atoms with Crippen LogP contribution in [0.3, 0.4) is 0 Å². The van der Waals surface area contributed by atoms with Crippen LogP contribution in [0.1, 0.15) is 103 Å². The molecule has 1 aliphatic rings. The lowest BCUT2D eigenvalue weighted by molar-refractivity contribution is -0.158. The van der Waals surface area contributed by atoms with Crippen molar-refractivity contribution in [2.45, 2.75) is 121 Å². The van der Waals surface area contributed by atoms with Crippen LogP contribution in [0, 0.1) is 0 Å². The molecule has 0 amide bonds. The van der Waals surface area contributed by atoms with Crippen molar-refractivity contribution in [1.29, 1.82) is 0 Å². The quantitative estimate of drug-likeness (QED) is 0.352. The van der Waals surface area contributed by atoms with E-state index in [0.717, 1.165) is 25.3 Å². The highest BCUT2D eigenvalue weighted by Crippen LogP contribution is 2.27. The molecular formula is C22H40O4. The normalized spacial score (nSPS) is 23.7. The van der Waals surface area contributed by atoms with Gasteiger partial charge in [0.2, 0.25) is 0 Å². The molecule has 3 N–H and O–H groups in total. The third kappa shape index (κ3) is 7.89. The molecule has 0 saturated heterocycles. The predicted octanol–water partition coefficient (Wildman–Crippen LogP) is 4.45. The van der Waals surface area contributed by atoms with Crippen LogP contribution >= 0.6 is 0 Å². The zero-order valence-electron chi connectivity index (χ0n) is 16.7. The summed E-state index contributed by atoms with van der Waals surface area (Å²) in [5.41, 5.74) is -2.03. The van der Waals surface area contributed by atoms with E-state index in [1.54, 1.807) is 0 Å². The standard InChI is InChI=1S/C22H40O4/c1-2-3-4-5-6-7-8-9-10-11-12-13-14-15-16-19(23)22(26)20(24)17-18-21(22)25/h17-20,23-24,26H,2-16H2,1H3/t19?,20-,22-/m1/s1. The summed E-state index contributed by atoms with van der Waals surface area (Å²) in [5.74, 6) is -0.595. The van der Waals surface area contributed by atoms with Gasteiger partial charge in [-0.25, -0.2) is 0 Å². The van der Waals surface area contributed by atoms with Gasteiger partial charge in [0.1, 0.15) is 6.10 Å². The van der Waals surface area contributed by atoms with Crippen molar-refractivity contribution in [3.63, 3.8) is 0 Å². The van der Waals surface area contributed by atoms with Gasteiger partial charge >= 0.3 is 0 Å². The van der Waals surface area contributed by atoms with E-state index >= 15 is 0 Å². The first-order chi connectivity index (χ1) is 12.5. The summed E-state index contributed by atoms with van der Waals surface area (Å²) in [7, 11) is 0. The second-order valence-corrected chi connectivity index (χ2v) is 7.89. The topological polar surface area (TPSA) is 77.8 Å². The molecule has 26 heavy (non-hydrogen) atoms. The fourth-order valence-corrected chi connectivity index (χ4v) is 3.72. The molecule has 4 heteroatoms. The number of aliphatic hydroxyl groups is 3. The molecule has 0 aromatic heterocycles. The summed E-state index contributed by atoms with van der Waals surface area (Å²) in [6, 6.07) is 0. The van der Waals surface area contributed by atoms with Crippen molar-refractivity contribution in [2.75, 3.05) is 0 Å². The van der Waals surface area contributed by atoms with Gasteiger partial charge in [0, 0.05) is 0 Å². The van der Waals surface area contributed by atoms with Crippen LogP contribution < -0.4 is 0 Å². The van der Waals surface area contributed by atoms with Crippen molar-refractivity contribution < 1.29 is 20.1 Å². The van der Waals surface area contributed by atoms with E-state index in [2.05, 4.69) is 6.92 Å². The molecular weight excluding hydrogens is 328 g/mol. The second-order valence-electron chi connectivity index (χ2n) is 7.89. The Morgan fingerprint density at radius 3 is 1.69 bits per heavy atom. The lowest BCUT2D eigenvalue weighted by atomic mass is 9.87. The van der Waals surface area contributed by atoms with E-state index in [0.29, 0.717) is 6.42 Å². The van der Waals surface area contributed by atoms with Crippen molar-refractivity contribution in [2.24, 2.45) is 0 Å². The van der Waals surface area contributed by atoms with Crippen LogP contribution in [0.25, 0.3) is 0 Å². The fourth-order valence-electron chi connectivity index (χ4n) is 3.72. The Labute approximate surface area is 159 Å². The Bertz CT molecular complexity index is 407. The van der Waals surface area contributed by atoms with Gasteiger partial charge in [0.25, 0.3) is 0 Å². The molecule has 0 radical (unpaired) electrons. The van der Waals surface area contributed by atoms with Gasteiger partial charge in [0.05, 0.1) is 6.10 Å². The number of aliphatic hydroxyl groups excluding tert-OH is 2. The van der Waals surface area contributed by atoms with Crippen LogP contribution in [-0.4, -0.2) is 38.9 Å². The summed E-state index contributed by atoms with van der Waals surface area (Å²) in [6.07, 6.45) is 17.9. The second kappa shape index (κ2) is 13.5. The molecule has 0 aromatic rings. The maximum atomic E-state index is 11.6. The monoisotopic (exact) mass is 368 g/mol. The van der Waals surface area contributed by atoms with E-state index in [-0.39, 0.29) is 0 Å². The Hall–Kier alpha value is -0.710. The van der Waals surface area contributed by atoms with E-state index in [4.69, 9.17) is 0 Å². The first kappa shape index (κ1) is 23.3. The maximum Gasteiger partial charge on any atom is 0.192 e. The van der Waals surface area contributed by atoms with Gasteiger partial charge in [-0.15, -0.1) is 0 Å². The molecule has 152 valence electrons. The van der Waals surface area contributed by atoms with E-state index in [1.165, 1.54) is 76.7 Å². The van der Waals surface area contributed by atoms with Crippen LogP contribution in [0.4, 0.5) is 0 Å². The largest absolute Gasteiger partial charge is 0.390 e. The SMILES string of the molecule is CCCCCCCCCCCCCCCCC(O)[C@]1(O)C(=O)C=C[C@H]1O. The fraction of sp³-hybridized carbons (Fsp3) is 0.864. The van der Waals surface area contributed by atoms with Crippen molar-refractivity contribution >= 4 is 5.78 Å². The van der Waals surface area contributed by atoms with Gasteiger partial charge in [-0.2, -0.15) is 0 Å². The van der Waals surface area contributed by atoms with E-state index < -0.39 is 23.6 Å². The minimum Gasteiger partial charge on any atom is -0.390 e. The van der Waals surface area contributed by atoms with Gasteiger partial charge in [-0.05, 0) is 18.6 Å². The Kier molecular flexibility index (Phi) is 12.1. The highest BCUT2D eigenvalue weighted by molar-refractivity contribution is 6.00. The molecule has 0 heterocycles. The molecule has 4 nitrogen and oxygen atoms in total. The highest BCUT2D eigenvalue weighted by atomic mass is 16.4. The number of carbonyl (C=O) groups is 1. The summed E-state index contributed by atoms with van der Waals surface area (Å²) in [4.78, 5) is 11.6. The van der Waals surface area contributed by atoms with Crippen molar-refractivity contribution in [3.05, 3.63) is 12.2 Å². The smallest absolute Gasteiger partial charge is 0.192 e. The molecule has 0 aliphatic heterocycles. The Morgan fingerprint density at radius 1 is 0.885 bits per heavy atom. The number of carbonyl (C=O) groups excluding carboxylic acids is 1. The maximum absolute atomic E-state index is 11.6. The summed E-state index contributed by atoms with van der Waals surface area (Å²) in [6.45, 7) is 2.25. The summed E-state index contributed by atoms with van der Waals surface area (Å²) < 4.78 is 0. The van der Waals surface area contributed by atoms with E-state index in [1.807, 2.05) is 0 Å². The number of hydrogen-bond donors (Lipinski definition) is 3. The number of ketones is 1. The molecule has 3 atom stereocenters.